The summed E-state index contributed by atoms with van der Waals surface area (Å²) in [6, 6.07) is 7.83. The molecule has 1 spiro atoms. The molecule has 1 aliphatic carbocycles. The lowest BCUT2D eigenvalue weighted by molar-refractivity contribution is -0.130. The molecule has 11 heteroatoms. The largest absolute Gasteiger partial charge is 0.497 e. The number of nitriles is 1. The predicted molar refractivity (Wildman–Crippen MR) is 134 cm³/mol. The molecule has 0 aromatic heterocycles. The van der Waals surface area contributed by atoms with Crippen molar-refractivity contribution in [1.82, 2.24) is 10.2 Å². The molecule has 9 nitrogen and oxygen atoms in total. The third kappa shape index (κ3) is 5.40. The maximum absolute atomic E-state index is 15.1. The third-order valence-electron chi connectivity index (χ3n) is 8.21. The smallest absolute Gasteiger partial charge is 0.407 e. The van der Waals surface area contributed by atoms with Gasteiger partial charge in [-0.25, -0.2) is 13.6 Å². The maximum Gasteiger partial charge on any atom is 0.407 e. The number of halogens is 2. The van der Waals surface area contributed by atoms with Gasteiger partial charge in [0.25, 0.3) is 0 Å². The maximum atomic E-state index is 15.1. The number of nitrogens with one attached hydrogen (secondary N) is 1. The first-order valence-electron chi connectivity index (χ1n) is 13.1. The normalized spacial score (nSPS) is 22.6. The van der Waals surface area contributed by atoms with E-state index in [0.29, 0.717) is 24.3 Å². The summed E-state index contributed by atoms with van der Waals surface area (Å²) in [4.78, 5) is 41.8. The van der Waals surface area contributed by atoms with Crippen LogP contribution >= 0.6 is 0 Å². The second-order valence-corrected chi connectivity index (χ2v) is 10.8. The number of hydrogen-bond acceptors (Lipinski definition) is 5. The van der Waals surface area contributed by atoms with E-state index in [9.17, 15) is 24.8 Å². The van der Waals surface area contributed by atoms with Crippen molar-refractivity contribution < 1.29 is 33.0 Å². The highest BCUT2D eigenvalue weighted by Gasteiger charge is 2.58. The van der Waals surface area contributed by atoms with E-state index in [1.54, 1.807) is 31.2 Å². The van der Waals surface area contributed by atoms with Crippen LogP contribution < -0.4 is 15.0 Å². The molecular weight excluding hydrogens is 498 g/mol. The molecule has 3 fully saturated rings. The van der Waals surface area contributed by atoms with E-state index in [1.807, 2.05) is 0 Å². The fourth-order valence-corrected chi connectivity index (χ4v) is 5.81. The van der Waals surface area contributed by atoms with E-state index in [2.05, 4.69) is 11.4 Å². The molecule has 4 rings (SSSR count). The van der Waals surface area contributed by atoms with Crippen LogP contribution in [0.2, 0.25) is 0 Å². The number of carbonyl (C=O) groups is 3. The van der Waals surface area contributed by atoms with Crippen molar-refractivity contribution in [3.05, 3.63) is 24.3 Å². The molecule has 206 valence electrons. The predicted octanol–water partition coefficient (Wildman–Crippen LogP) is 4.17. The first-order valence-corrected chi connectivity index (χ1v) is 13.1. The Labute approximate surface area is 220 Å². The lowest BCUT2D eigenvalue weighted by Gasteiger charge is -2.36. The Balaban J connectivity index is 1.73. The molecule has 3 aliphatic rings. The van der Waals surface area contributed by atoms with Gasteiger partial charge in [-0.05, 0) is 56.4 Å². The zero-order valence-corrected chi connectivity index (χ0v) is 21.7. The fourth-order valence-electron chi connectivity index (χ4n) is 5.81. The minimum atomic E-state index is -3.14. The summed E-state index contributed by atoms with van der Waals surface area (Å²) < 4.78 is 35.4. The first-order chi connectivity index (χ1) is 18.0. The van der Waals surface area contributed by atoms with E-state index < -0.39 is 53.7 Å². The van der Waals surface area contributed by atoms with Crippen molar-refractivity contribution in [2.45, 2.75) is 75.8 Å². The topological polar surface area (TPSA) is 123 Å². The Kier molecular flexibility index (Phi) is 7.55. The van der Waals surface area contributed by atoms with Gasteiger partial charge >= 0.3 is 6.09 Å². The summed E-state index contributed by atoms with van der Waals surface area (Å²) in [5, 5.41) is 21.6. The Bertz CT molecular complexity index is 1110. The average Bonchev–Trinajstić information content (AvgIpc) is 3.61. The number of methoxy groups -OCH3 is 1. The van der Waals surface area contributed by atoms with Gasteiger partial charge in [0.05, 0.1) is 24.5 Å². The van der Waals surface area contributed by atoms with Gasteiger partial charge in [-0.2, -0.15) is 5.26 Å². The van der Waals surface area contributed by atoms with Gasteiger partial charge in [0.1, 0.15) is 11.3 Å². The van der Waals surface area contributed by atoms with Gasteiger partial charge in [-0.15, -0.1) is 0 Å². The van der Waals surface area contributed by atoms with Crippen molar-refractivity contribution in [3.8, 4) is 11.8 Å². The van der Waals surface area contributed by atoms with Crippen molar-refractivity contribution in [2.24, 2.45) is 11.3 Å². The number of rotatable bonds is 9. The molecule has 1 aromatic rings. The van der Waals surface area contributed by atoms with Gasteiger partial charge in [-0.1, -0.05) is 13.3 Å². The molecule has 2 atom stereocenters. The van der Waals surface area contributed by atoms with Crippen LogP contribution in [-0.2, 0) is 9.59 Å². The number of benzene rings is 1. The van der Waals surface area contributed by atoms with Crippen LogP contribution in [0, 0.1) is 22.7 Å². The highest BCUT2D eigenvalue weighted by Crippen LogP contribution is 2.50. The fraction of sp³-hybridized carbons (Fsp3) is 0.630. The second-order valence-electron chi connectivity index (χ2n) is 10.8. The van der Waals surface area contributed by atoms with E-state index >= 15 is 8.78 Å². The summed E-state index contributed by atoms with van der Waals surface area (Å²) in [7, 11) is 1.50. The Hall–Kier alpha value is -3.42. The number of hydrogen-bond donors (Lipinski definition) is 2. The Morgan fingerprint density at radius 1 is 1.24 bits per heavy atom. The van der Waals surface area contributed by atoms with E-state index in [4.69, 9.17) is 4.74 Å². The minimum Gasteiger partial charge on any atom is -0.497 e. The molecule has 1 saturated carbocycles. The summed E-state index contributed by atoms with van der Waals surface area (Å²) >= 11 is 0. The monoisotopic (exact) mass is 532 g/mol. The highest BCUT2D eigenvalue weighted by molar-refractivity contribution is 6.02. The van der Waals surface area contributed by atoms with Crippen LogP contribution in [0.3, 0.4) is 0 Å². The number of carboxylic acid groups (broad SMARTS) is 1. The Morgan fingerprint density at radius 3 is 2.37 bits per heavy atom. The van der Waals surface area contributed by atoms with Crippen LogP contribution in [-0.4, -0.2) is 65.6 Å². The first kappa shape index (κ1) is 27.6. The van der Waals surface area contributed by atoms with Gasteiger partial charge < -0.3 is 25.0 Å². The number of piperidine rings is 1. The molecule has 2 N–H and O–H groups in total. The van der Waals surface area contributed by atoms with Crippen molar-refractivity contribution in [1.29, 1.82) is 5.26 Å². The number of alkyl halides is 2. The van der Waals surface area contributed by atoms with Gasteiger partial charge in [0.15, 0.2) is 0 Å². The molecule has 2 saturated heterocycles. The number of amides is 3. The molecule has 38 heavy (non-hydrogen) atoms. The SMILES string of the molecule is CCCC(F)(F)C[C@H](C(=O)NC1(C#N)CC1)C1CC2(CCN(C(=O)O)CC2)C(=O)N1c1ccc(OC)cc1. The molecule has 0 radical (unpaired) electrons. The summed E-state index contributed by atoms with van der Waals surface area (Å²) in [6.45, 7) is 1.93. The average molecular weight is 533 g/mol. The second kappa shape index (κ2) is 10.4. The summed E-state index contributed by atoms with van der Waals surface area (Å²) in [5.41, 5.74) is -1.56. The number of ether oxygens (including phenoxy) is 1. The van der Waals surface area contributed by atoms with Crippen molar-refractivity contribution in [2.75, 3.05) is 25.1 Å². The van der Waals surface area contributed by atoms with Gasteiger partial charge in [0.2, 0.25) is 17.7 Å². The van der Waals surface area contributed by atoms with Crippen LogP contribution in [0.4, 0.5) is 19.3 Å². The van der Waals surface area contributed by atoms with Crippen LogP contribution in [0.5, 0.6) is 5.75 Å². The number of nitrogens with zero attached hydrogens (tertiary/aromatic N) is 3. The van der Waals surface area contributed by atoms with E-state index in [-0.39, 0.29) is 44.7 Å². The number of likely N-dealkylation sites (tertiary alicyclic amines) is 1. The van der Waals surface area contributed by atoms with Crippen molar-refractivity contribution >= 4 is 23.6 Å². The molecule has 1 unspecified atom stereocenters. The van der Waals surface area contributed by atoms with E-state index in [0.717, 1.165) is 0 Å². The van der Waals surface area contributed by atoms with Gasteiger partial charge in [-0.3, -0.25) is 9.59 Å². The summed E-state index contributed by atoms with van der Waals surface area (Å²) in [6.07, 6.45) is -0.473. The van der Waals surface area contributed by atoms with Crippen LogP contribution in [0.25, 0.3) is 0 Å². The highest BCUT2D eigenvalue weighted by atomic mass is 19.3. The zero-order valence-electron chi connectivity index (χ0n) is 21.7. The Morgan fingerprint density at radius 2 is 1.87 bits per heavy atom. The van der Waals surface area contributed by atoms with Gasteiger partial charge in [0, 0.05) is 37.7 Å². The molecule has 3 amide bonds. The van der Waals surface area contributed by atoms with Crippen molar-refractivity contribution in [3.63, 3.8) is 0 Å². The minimum absolute atomic E-state index is 0.143. The molecule has 1 aromatic carbocycles. The third-order valence-corrected chi connectivity index (χ3v) is 8.21. The zero-order chi connectivity index (χ0) is 27.7. The quantitative estimate of drug-likeness (QED) is 0.492. The van der Waals surface area contributed by atoms with E-state index in [1.165, 1.54) is 16.9 Å². The van der Waals surface area contributed by atoms with Crippen LogP contribution in [0.1, 0.15) is 58.3 Å². The molecule has 2 heterocycles. The molecule has 2 aliphatic heterocycles. The number of anilines is 1. The molecule has 0 bridgehead atoms. The standard InChI is InChI=1S/C27H34F2N4O5/c1-3-8-27(28,29)15-20(22(34)31-26(17-30)9-10-26)21-16-25(11-13-32(14-12-25)24(36)37)23(35)33(21)18-4-6-19(38-2)7-5-18/h4-7,20-21H,3,8-16H2,1-2H3,(H,31,34)(H,36,37)/t20-,21?/m0/s1. The lowest BCUT2D eigenvalue weighted by atomic mass is 9.74. The van der Waals surface area contributed by atoms with Crippen LogP contribution in [0.15, 0.2) is 24.3 Å². The lowest BCUT2D eigenvalue weighted by Crippen LogP contribution is -2.50. The summed E-state index contributed by atoms with van der Waals surface area (Å²) in [5.74, 6) is -4.80. The number of carbonyl (C=O) groups excluding carboxylic acids is 2. The molecular formula is C27H34F2N4O5.